The second-order valence-electron chi connectivity index (χ2n) is 4.57. The molecule has 86 valence electrons. The van der Waals surface area contributed by atoms with Gasteiger partial charge in [-0.2, -0.15) is 5.26 Å². The van der Waals surface area contributed by atoms with Gasteiger partial charge in [0.15, 0.2) is 0 Å². The Hall–Kier alpha value is -1.20. The van der Waals surface area contributed by atoms with Crippen LogP contribution in [-0.2, 0) is 0 Å². The van der Waals surface area contributed by atoms with Crippen molar-refractivity contribution in [2.75, 3.05) is 5.32 Å². The smallest absolute Gasteiger partial charge is 0.0992 e. The summed E-state index contributed by atoms with van der Waals surface area (Å²) in [5.74, 6) is 0. The van der Waals surface area contributed by atoms with Gasteiger partial charge in [-0.25, -0.2) is 0 Å². The fourth-order valence-electron chi connectivity index (χ4n) is 1.74. The highest BCUT2D eigenvalue weighted by Crippen LogP contribution is 2.27. The first-order valence-corrected chi connectivity index (χ1v) is 5.84. The molecule has 16 heavy (non-hydrogen) atoms. The van der Waals surface area contributed by atoms with Crippen molar-refractivity contribution in [2.45, 2.75) is 39.2 Å². The van der Waals surface area contributed by atoms with Crippen LogP contribution in [-0.4, -0.2) is 5.54 Å². The number of hydrogen-bond acceptors (Lipinski definition) is 2. The van der Waals surface area contributed by atoms with Gasteiger partial charge in [-0.15, -0.1) is 0 Å². The zero-order valence-corrected chi connectivity index (χ0v) is 10.7. The highest BCUT2D eigenvalue weighted by molar-refractivity contribution is 6.33. The van der Waals surface area contributed by atoms with Gasteiger partial charge in [0, 0.05) is 5.54 Å². The SMILES string of the molecule is CCCC(C)(C)Nc1ccc(C#N)cc1Cl. The summed E-state index contributed by atoms with van der Waals surface area (Å²) in [6.07, 6.45) is 2.19. The Morgan fingerprint density at radius 3 is 2.62 bits per heavy atom. The molecule has 0 bridgehead atoms. The highest BCUT2D eigenvalue weighted by Gasteiger charge is 2.17. The van der Waals surface area contributed by atoms with E-state index in [4.69, 9.17) is 16.9 Å². The fourth-order valence-corrected chi connectivity index (χ4v) is 1.97. The van der Waals surface area contributed by atoms with E-state index in [1.165, 1.54) is 0 Å². The molecular weight excluding hydrogens is 220 g/mol. The van der Waals surface area contributed by atoms with E-state index in [0.29, 0.717) is 10.6 Å². The molecule has 1 N–H and O–H groups in total. The topological polar surface area (TPSA) is 35.8 Å². The van der Waals surface area contributed by atoms with Gasteiger partial charge in [0.05, 0.1) is 22.3 Å². The van der Waals surface area contributed by atoms with Crippen LogP contribution in [0.3, 0.4) is 0 Å². The number of nitrogens with zero attached hydrogens (tertiary/aromatic N) is 1. The van der Waals surface area contributed by atoms with Crippen LogP contribution in [0.1, 0.15) is 39.2 Å². The standard InChI is InChI=1S/C13H17ClN2/c1-4-7-13(2,3)16-12-6-5-10(9-15)8-11(12)14/h5-6,8,16H,4,7H2,1-3H3. The third kappa shape index (κ3) is 3.43. The van der Waals surface area contributed by atoms with Crippen LogP contribution in [0.15, 0.2) is 18.2 Å². The lowest BCUT2D eigenvalue weighted by Crippen LogP contribution is -2.30. The summed E-state index contributed by atoms with van der Waals surface area (Å²) in [4.78, 5) is 0. The minimum absolute atomic E-state index is 0.0204. The van der Waals surface area contributed by atoms with Gasteiger partial charge in [0.25, 0.3) is 0 Å². The maximum Gasteiger partial charge on any atom is 0.0992 e. The fraction of sp³-hybridized carbons (Fsp3) is 0.462. The number of nitriles is 1. The summed E-state index contributed by atoms with van der Waals surface area (Å²) < 4.78 is 0. The van der Waals surface area contributed by atoms with Crippen molar-refractivity contribution in [3.05, 3.63) is 28.8 Å². The van der Waals surface area contributed by atoms with E-state index in [9.17, 15) is 0 Å². The Balaban J connectivity index is 2.86. The summed E-state index contributed by atoms with van der Waals surface area (Å²) in [6.45, 7) is 6.44. The van der Waals surface area contributed by atoms with Gasteiger partial charge < -0.3 is 5.32 Å². The quantitative estimate of drug-likeness (QED) is 0.851. The summed E-state index contributed by atoms with van der Waals surface area (Å²) in [6, 6.07) is 7.39. The van der Waals surface area contributed by atoms with Gasteiger partial charge in [-0.1, -0.05) is 24.9 Å². The molecule has 1 rings (SSSR count). The normalized spacial score (nSPS) is 10.9. The van der Waals surface area contributed by atoms with E-state index >= 15 is 0 Å². The molecule has 1 aromatic carbocycles. The lowest BCUT2D eigenvalue weighted by Gasteiger charge is -2.27. The average Bonchev–Trinajstić information content (AvgIpc) is 2.20. The van der Waals surface area contributed by atoms with Crippen LogP contribution >= 0.6 is 11.6 Å². The van der Waals surface area contributed by atoms with Crippen LogP contribution in [0.4, 0.5) is 5.69 Å². The molecule has 0 atom stereocenters. The van der Waals surface area contributed by atoms with Crippen LogP contribution in [0, 0.1) is 11.3 Å². The number of hydrogen-bond donors (Lipinski definition) is 1. The maximum absolute atomic E-state index is 8.74. The molecule has 0 radical (unpaired) electrons. The van der Waals surface area contributed by atoms with Crippen LogP contribution in [0.5, 0.6) is 0 Å². The van der Waals surface area contributed by atoms with Gasteiger partial charge in [-0.3, -0.25) is 0 Å². The van der Waals surface area contributed by atoms with Gasteiger partial charge in [0.1, 0.15) is 0 Å². The maximum atomic E-state index is 8.74. The van der Waals surface area contributed by atoms with Crippen molar-refractivity contribution < 1.29 is 0 Å². The van der Waals surface area contributed by atoms with Crippen molar-refractivity contribution in [3.63, 3.8) is 0 Å². The lowest BCUT2D eigenvalue weighted by molar-refractivity contribution is 0.511. The average molecular weight is 237 g/mol. The van der Waals surface area contributed by atoms with Gasteiger partial charge in [0.2, 0.25) is 0 Å². The summed E-state index contributed by atoms with van der Waals surface area (Å²) in [7, 11) is 0. The second kappa shape index (κ2) is 5.23. The van der Waals surface area contributed by atoms with Crippen LogP contribution in [0.25, 0.3) is 0 Å². The molecule has 0 saturated heterocycles. The number of halogens is 1. The van der Waals surface area contributed by atoms with Crippen molar-refractivity contribution in [1.82, 2.24) is 0 Å². The van der Waals surface area contributed by atoms with Crippen LogP contribution in [0.2, 0.25) is 5.02 Å². The molecule has 0 spiro atoms. The van der Waals surface area contributed by atoms with Crippen molar-refractivity contribution in [1.29, 1.82) is 5.26 Å². The predicted octanol–water partition coefficient (Wildman–Crippen LogP) is 4.20. The molecule has 3 heteroatoms. The molecule has 0 aliphatic rings. The molecule has 0 saturated carbocycles. The lowest BCUT2D eigenvalue weighted by atomic mass is 9.98. The van der Waals surface area contributed by atoms with E-state index in [0.717, 1.165) is 18.5 Å². The van der Waals surface area contributed by atoms with E-state index in [-0.39, 0.29) is 5.54 Å². The molecule has 0 amide bonds. The largest absolute Gasteiger partial charge is 0.379 e. The zero-order chi connectivity index (χ0) is 12.2. The van der Waals surface area contributed by atoms with Gasteiger partial charge >= 0.3 is 0 Å². The molecule has 0 aliphatic carbocycles. The van der Waals surface area contributed by atoms with Crippen molar-refractivity contribution in [3.8, 4) is 6.07 Å². The summed E-state index contributed by atoms with van der Waals surface area (Å²) in [5.41, 5.74) is 1.50. The molecule has 0 heterocycles. The summed E-state index contributed by atoms with van der Waals surface area (Å²) >= 11 is 6.10. The third-order valence-corrected chi connectivity index (χ3v) is 2.76. The molecule has 1 aromatic rings. The molecule has 0 unspecified atom stereocenters. The molecule has 2 nitrogen and oxygen atoms in total. The van der Waals surface area contributed by atoms with Crippen molar-refractivity contribution in [2.24, 2.45) is 0 Å². The first kappa shape index (κ1) is 12.9. The monoisotopic (exact) mass is 236 g/mol. The minimum atomic E-state index is 0.0204. The second-order valence-corrected chi connectivity index (χ2v) is 4.97. The number of benzene rings is 1. The highest BCUT2D eigenvalue weighted by atomic mass is 35.5. The first-order chi connectivity index (χ1) is 7.48. The Bertz CT molecular complexity index is 405. The van der Waals surface area contributed by atoms with E-state index in [1.807, 2.05) is 6.07 Å². The molecule has 0 fully saturated rings. The van der Waals surface area contributed by atoms with Crippen LogP contribution < -0.4 is 5.32 Å². The van der Waals surface area contributed by atoms with E-state index in [2.05, 4.69) is 32.2 Å². The Morgan fingerprint density at radius 2 is 2.12 bits per heavy atom. The number of nitrogens with one attached hydrogen (secondary N) is 1. The predicted molar refractivity (Wildman–Crippen MR) is 68.8 cm³/mol. The Kier molecular flexibility index (Phi) is 4.20. The molecule has 0 aliphatic heterocycles. The first-order valence-electron chi connectivity index (χ1n) is 5.46. The molecule has 0 aromatic heterocycles. The third-order valence-electron chi connectivity index (χ3n) is 2.45. The van der Waals surface area contributed by atoms with E-state index in [1.54, 1.807) is 12.1 Å². The number of anilines is 1. The Labute approximate surface area is 102 Å². The minimum Gasteiger partial charge on any atom is -0.379 e. The Morgan fingerprint density at radius 1 is 1.44 bits per heavy atom. The molecular formula is C13H17ClN2. The van der Waals surface area contributed by atoms with Crippen molar-refractivity contribution >= 4 is 17.3 Å². The van der Waals surface area contributed by atoms with Gasteiger partial charge in [-0.05, 0) is 38.5 Å². The number of rotatable bonds is 4. The zero-order valence-electron chi connectivity index (χ0n) is 9.97. The van der Waals surface area contributed by atoms with E-state index < -0.39 is 0 Å². The summed E-state index contributed by atoms with van der Waals surface area (Å²) in [5, 5.41) is 12.7.